The van der Waals surface area contributed by atoms with Gasteiger partial charge in [0.2, 0.25) is 0 Å². The number of nitro benzene ring substituents is 1. The minimum Gasteiger partial charge on any atom is -0.496 e. The molecule has 41 heavy (non-hydrogen) atoms. The van der Waals surface area contributed by atoms with Crippen molar-refractivity contribution in [1.82, 2.24) is 4.57 Å². The molecule has 12 heteroatoms. The lowest BCUT2D eigenvalue weighted by Gasteiger charge is -2.24. The van der Waals surface area contributed by atoms with Crippen molar-refractivity contribution in [1.29, 1.82) is 0 Å². The number of ether oxygens (including phenoxy) is 2. The molecule has 0 aliphatic carbocycles. The molecule has 1 atom stereocenters. The minimum atomic E-state index is -0.708. The van der Waals surface area contributed by atoms with E-state index in [1.54, 1.807) is 49.9 Å². The van der Waals surface area contributed by atoms with Gasteiger partial charge < -0.3 is 13.9 Å². The molecule has 4 aromatic rings. The van der Waals surface area contributed by atoms with Crippen LogP contribution in [0.4, 0.5) is 5.69 Å². The lowest BCUT2D eigenvalue weighted by molar-refractivity contribution is -0.384. The van der Waals surface area contributed by atoms with E-state index in [9.17, 15) is 19.7 Å². The number of nitrogens with zero attached hydrogens (tertiary/aromatic N) is 3. The van der Waals surface area contributed by atoms with E-state index in [1.165, 1.54) is 35.1 Å². The van der Waals surface area contributed by atoms with Gasteiger partial charge in [0, 0.05) is 17.0 Å². The van der Waals surface area contributed by atoms with Crippen LogP contribution in [-0.4, -0.2) is 35.4 Å². The summed E-state index contributed by atoms with van der Waals surface area (Å²) in [5, 5.41) is 11.1. The van der Waals surface area contributed by atoms with Gasteiger partial charge in [-0.25, -0.2) is 9.79 Å². The van der Waals surface area contributed by atoms with Gasteiger partial charge in [0.15, 0.2) is 4.80 Å². The SMILES string of the molecule is CCOC(=O)C1=C(C)N=c2s/c(=C\c3ccc(-c4ccc([N+](=O)[O-])cc4OC)o3)c(=O)n2[C@H]1c1ccc(SC)cc1. The number of rotatable bonds is 8. The highest BCUT2D eigenvalue weighted by Crippen LogP contribution is 2.35. The van der Waals surface area contributed by atoms with Crippen molar-refractivity contribution in [2.75, 3.05) is 20.0 Å². The lowest BCUT2D eigenvalue weighted by Crippen LogP contribution is -2.39. The Morgan fingerprint density at radius 3 is 2.63 bits per heavy atom. The van der Waals surface area contributed by atoms with Crippen LogP contribution in [0.5, 0.6) is 5.75 Å². The predicted molar refractivity (Wildman–Crippen MR) is 156 cm³/mol. The molecule has 2 aromatic carbocycles. The predicted octanol–water partition coefficient (Wildman–Crippen LogP) is 4.70. The van der Waals surface area contributed by atoms with E-state index < -0.39 is 16.9 Å². The summed E-state index contributed by atoms with van der Waals surface area (Å²) in [6.45, 7) is 3.66. The van der Waals surface area contributed by atoms with Crippen LogP contribution in [0, 0.1) is 10.1 Å². The van der Waals surface area contributed by atoms with Crippen molar-refractivity contribution in [3.63, 3.8) is 0 Å². The number of thiazole rings is 1. The zero-order chi connectivity index (χ0) is 29.3. The van der Waals surface area contributed by atoms with Crippen molar-refractivity contribution in [3.8, 4) is 17.1 Å². The number of thioether (sulfide) groups is 1. The highest BCUT2D eigenvalue weighted by Gasteiger charge is 2.33. The molecule has 0 amide bonds. The second kappa shape index (κ2) is 11.6. The molecule has 0 spiro atoms. The molecule has 2 aromatic heterocycles. The zero-order valence-corrected chi connectivity index (χ0v) is 24.2. The van der Waals surface area contributed by atoms with E-state index in [2.05, 4.69) is 4.99 Å². The Kier molecular flexibility index (Phi) is 7.95. The molecule has 0 N–H and O–H groups in total. The Morgan fingerprint density at radius 2 is 1.98 bits per heavy atom. The van der Waals surface area contributed by atoms with Crippen LogP contribution in [0.1, 0.15) is 31.2 Å². The molecule has 1 aliphatic heterocycles. The zero-order valence-electron chi connectivity index (χ0n) is 22.6. The van der Waals surface area contributed by atoms with Crippen molar-refractivity contribution in [2.24, 2.45) is 4.99 Å². The number of furan rings is 1. The molecule has 5 rings (SSSR count). The smallest absolute Gasteiger partial charge is 0.338 e. The first-order valence-electron chi connectivity index (χ1n) is 12.5. The standard InChI is InChI=1S/C29H25N3O7S2/c1-5-38-28(34)25-16(2)30-29-31(26(25)17-6-10-20(40-4)11-7-17)27(33)24(41-29)15-19-9-13-22(39-19)21-12-8-18(32(35)36)14-23(21)37-3/h6-15,26H,5H2,1-4H3/b24-15-/t26-/m0/s1. The van der Waals surface area contributed by atoms with Gasteiger partial charge in [-0.05, 0) is 56.0 Å². The quantitative estimate of drug-likeness (QED) is 0.125. The molecule has 0 saturated heterocycles. The van der Waals surface area contributed by atoms with Crippen molar-refractivity contribution < 1.29 is 23.6 Å². The van der Waals surface area contributed by atoms with Gasteiger partial charge in [0.1, 0.15) is 17.3 Å². The van der Waals surface area contributed by atoms with Crippen molar-refractivity contribution in [2.45, 2.75) is 24.8 Å². The maximum Gasteiger partial charge on any atom is 0.338 e. The van der Waals surface area contributed by atoms with Crippen LogP contribution >= 0.6 is 23.1 Å². The number of carbonyl (C=O) groups is 1. The molecule has 0 bridgehead atoms. The second-order valence-electron chi connectivity index (χ2n) is 8.92. The Balaban J connectivity index is 1.60. The molecule has 1 aliphatic rings. The maximum atomic E-state index is 13.8. The maximum absolute atomic E-state index is 13.8. The van der Waals surface area contributed by atoms with E-state index in [-0.39, 0.29) is 23.6 Å². The van der Waals surface area contributed by atoms with Gasteiger partial charge in [0.25, 0.3) is 11.2 Å². The number of hydrogen-bond donors (Lipinski definition) is 0. The molecule has 0 saturated carbocycles. The number of hydrogen-bond acceptors (Lipinski definition) is 10. The van der Waals surface area contributed by atoms with Crippen LogP contribution in [-0.2, 0) is 9.53 Å². The second-order valence-corrected chi connectivity index (χ2v) is 10.8. The number of allylic oxidation sites excluding steroid dienone is 1. The normalized spacial score (nSPS) is 14.9. The molecule has 0 radical (unpaired) electrons. The summed E-state index contributed by atoms with van der Waals surface area (Å²) in [4.78, 5) is 43.6. The topological polar surface area (TPSA) is 126 Å². The summed E-state index contributed by atoms with van der Waals surface area (Å²) < 4.78 is 18.6. The Morgan fingerprint density at radius 1 is 1.22 bits per heavy atom. The first kappa shape index (κ1) is 28.1. The number of aromatic nitrogens is 1. The molecule has 0 unspecified atom stereocenters. The lowest BCUT2D eigenvalue weighted by atomic mass is 9.96. The Labute approximate surface area is 242 Å². The summed E-state index contributed by atoms with van der Waals surface area (Å²) >= 11 is 2.79. The average Bonchev–Trinajstić information content (AvgIpc) is 3.56. The highest BCUT2D eigenvalue weighted by atomic mass is 32.2. The van der Waals surface area contributed by atoms with Crippen LogP contribution in [0.25, 0.3) is 17.4 Å². The number of nitro groups is 1. The van der Waals surface area contributed by atoms with E-state index in [1.807, 2.05) is 30.5 Å². The van der Waals surface area contributed by atoms with Gasteiger partial charge in [-0.15, -0.1) is 11.8 Å². The first-order valence-corrected chi connectivity index (χ1v) is 14.6. The van der Waals surface area contributed by atoms with Crippen molar-refractivity contribution >= 4 is 40.8 Å². The molecular weight excluding hydrogens is 566 g/mol. The van der Waals surface area contributed by atoms with Gasteiger partial charge in [0.05, 0.1) is 52.1 Å². The fourth-order valence-corrected chi connectivity index (χ4v) is 6.03. The van der Waals surface area contributed by atoms with E-state index in [4.69, 9.17) is 13.9 Å². The largest absolute Gasteiger partial charge is 0.496 e. The van der Waals surface area contributed by atoms with Gasteiger partial charge in [-0.3, -0.25) is 19.5 Å². The average molecular weight is 592 g/mol. The molecule has 3 heterocycles. The van der Waals surface area contributed by atoms with Gasteiger partial charge in [-0.2, -0.15) is 0 Å². The van der Waals surface area contributed by atoms with Crippen LogP contribution in [0.2, 0.25) is 0 Å². The van der Waals surface area contributed by atoms with Crippen LogP contribution < -0.4 is 19.6 Å². The summed E-state index contributed by atoms with van der Waals surface area (Å²) in [6, 6.07) is 14.6. The number of carbonyl (C=O) groups excluding carboxylic acids is 1. The molecule has 210 valence electrons. The number of esters is 1. The Hall–Kier alpha value is -4.42. The fourth-order valence-electron chi connectivity index (χ4n) is 4.59. The van der Waals surface area contributed by atoms with Crippen LogP contribution in [0.3, 0.4) is 0 Å². The van der Waals surface area contributed by atoms with E-state index in [0.29, 0.717) is 37.7 Å². The number of benzene rings is 2. The third-order valence-corrected chi connectivity index (χ3v) is 8.24. The minimum absolute atomic E-state index is 0.103. The number of methoxy groups -OCH3 is 1. The summed E-state index contributed by atoms with van der Waals surface area (Å²) in [5.74, 6) is 0.583. The molecule has 10 nitrogen and oxygen atoms in total. The number of fused-ring (bicyclic) bond motifs is 1. The highest BCUT2D eigenvalue weighted by molar-refractivity contribution is 7.98. The Bertz CT molecular complexity index is 1870. The van der Waals surface area contributed by atoms with E-state index in [0.717, 1.165) is 10.5 Å². The first-order chi connectivity index (χ1) is 19.7. The number of non-ortho nitro benzene ring substituents is 1. The van der Waals surface area contributed by atoms with Gasteiger partial charge >= 0.3 is 5.97 Å². The summed E-state index contributed by atoms with van der Waals surface area (Å²) in [6.07, 6.45) is 3.59. The monoisotopic (exact) mass is 591 g/mol. The molecule has 0 fully saturated rings. The summed E-state index contributed by atoms with van der Waals surface area (Å²) in [7, 11) is 1.42. The van der Waals surface area contributed by atoms with E-state index >= 15 is 0 Å². The van der Waals surface area contributed by atoms with Crippen molar-refractivity contribution in [3.05, 3.63) is 107 Å². The third kappa shape index (κ3) is 5.35. The third-order valence-electron chi connectivity index (χ3n) is 6.51. The molecular formula is C29H25N3O7S2. The summed E-state index contributed by atoms with van der Waals surface area (Å²) in [5.41, 5.74) is 1.66. The fraction of sp³-hybridized carbons (Fsp3) is 0.207. The van der Waals surface area contributed by atoms with Gasteiger partial charge in [-0.1, -0.05) is 23.5 Å². The van der Waals surface area contributed by atoms with Crippen LogP contribution in [0.15, 0.2) is 85.0 Å².